The molecule has 0 spiro atoms. The SMILES string of the molecule is Cc1ccccc1Cc1nc(C[S@@](=O)c2cccc(F)c2)no1. The van der Waals surface area contributed by atoms with Crippen LogP contribution < -0.4 is 0 Å². The number of nitrogens with zero attached hydrogens (tertiary/aromatic N) is 2. The van der Waals surface area contributed by atoms with Crippen LogP contribution >= 0.6 is 0 Å². The van der Waals surface area contributed by atoms with E-state index in [0.29, 0.717) is 23.0 Å². The van der Waals surface area contributed by atoms with Crippen molar-refractivity contribution in [1.82, 2.24) is 10.1 Å². The summed E-state index contributed by atoms with van der Waals surface area (Å²) in [7, 11) is -1.41. The van der Waals surface area contributed by atoms with E-state index in [9.17, 15) is 8.60 Å². The van der Waals surface area contributed by atoms with Crippen LogP contribution in [0.2, 0.25) is 0 Å². The number of halogens is 1. The second-order valence-corrected chi connectivity index (χ2v) is 6.61. The predicted octanol–water partition coefficient (Wildman–Crippen LogP) is 3.42. The van der Waals surface area contributed by atoms with Crippen molar-refractivity contribution in [3.8, 4) is 0 Å². The zero-order valence-electron chi connectivity index (χ0n) is 12.5. The van der Waals surface area contributed by atoms with E-state index >= 15 is 0 Å². The van der Waals surface area contributed by atoms with Crippen molar-refractivity contribution < 1.29 is 13.1 Å². The summed E-state index contributed by atoms with van der Waals surface area (Å²) in [5.41, 5.74) is 2.25. The van der Waals surface area contributed by atoms with E-state index in [-0.39, 0.29) is 5.75 Å². The molecular weight excluding hydrogens is 315 g/mol. The van der Waals surface area contributed by atoms with Crippen LogP contribution in [0.25, 0.3) is 0 Å². The van der Waals surface area contributed by atoms with Gasteiger partial charge in [0.1, 0.15) is 5.82 Å². The summed E-state index contributed by atoms with van der Waals surface area (Å²) >= 11 is 0. The van der Waals surface area contributed by atoms with Gasteiger partial charge in [0.25, 0.3) is 0 Å². The van der Waals surface area contributed by atoms with Gasteiger partial charge in [-0.3, -0.25) is 4.21 Å². The maximum Gasteiger partial charge on any atom is 0.231 e. The first-order chi connectivity index (χ1) is 11.1. The summed E-state index contributed by atoms with van der Waals surface area (Å²) in [6.07, 6.45) is 0.534. The van der Waals surface area contributed by atoms with Crippen molar-refractivity contribution in [3.05, 3.63) is 77.2 Å². The van der Waals surface area contributed by atoms with Gasteiger partial charge in [-0.15, -0.1) is 0 Å². The van der Waals surface area contributed by atoms with Gasteiger partial charge in [0, 0.05) is 4.90 Å². The summed E-state index contributed by atoms with van der Waals surface area (Å²) in [4.78, 5) is 4.68. The molecular formula is C17H15FN2O2S. The summed E-state index contributed by atoms with van der Waals surface area (Å²) in [6.45, 7) is 2.02. The molecule has 0 aliphatic rings. The van der Waals surface area contributed by atoms with Crippen LogP contribution in [0.1, 0.15) is 22.8 Å². The molecule has 0 bridgehead atoms. The standard InChI is InChI=1S/C17H15FN2O2S/c1-12-5-2-3-6-13(12)9-17-19-16(20-22-17)11-23(21)15-8-4-7-14(18)10-15/h2-8,10H,9,11H2,1H3/t23-/m1/s1. The van der Waals surface area contributed by atoms with Crippen molar-refractivity contribution in [2.45, 2.75) is 24.0 Å². The fraction of sp³-hybridized carbons (Fsp3) is 0.176. The van der Waals surface area contributed by atoms with Gasteiger partial charge in [-0.1, -0.05) is 35.5 Å². The molecule has 1 aromatic heterocycles. The minimum absolute atomic E-state index is 0.0979. The van der Waals surface area contributed by atoms with Crippen LogP contribution in [0.15, 0.2) is 57.9 Å². The van der Waals surface area contributed by atoms with Crippen LogP contribution in [0.4, 0.5) is 4.39 Å². The lowest BCUT2D eigenvalue weighted by molar-refractivity contribution is 0.380. The number of benzene rings is 2. The van der Waals surface area contributed by atoms with Crippen LogP contribution in [0.3, 0.4) is 0 Å². The Morgan fingerprint density at radius 1 is 1.17 bits per heavy atom. The van der Waals surface area contributed by atoms with Gasteiger partial charge in [-0.2, -0.15) is 4.98 Å². The minimum atomic E-state index is -1.41. The molecule has 0 aliphatic carbocycles. The smallest absolute Gasteiger partial charge is 0.231 e. The first-order valence-electron chi connectivity index (χ1n) is 7.12. The molecule has 1 atom stereocenters. The van der Waals surface area contributed by atoms with E-state index in [4.69, 9.17) is 4.52 Å². The topological polar surface area (TPSA) is 56.0 Å². The molecule has 0 unspecified atom stereocenters. The highest BCUT2D eigenvalue weighted by molar-refractivity contribution is 7.84. The van der Waals surface area contributed by atoms with Crippen molar-refractivity contribution in [1.29, 1.82) is 0 Å². The monoisotopic (exact) mass is 330 g/mol. The Morgan fingerprint density at radius 3 is 2.78 bits per heavy atom. The Labute approximate surface area is 135 Å². The van der Waals surface area contributed by atoms with E-state index in [0.717, 1.165) is 11.1 Å². The fourth-order valence-corrected chi connectivity index (χ4v) is 3.19. The number of hydrogen-bond acceptors (Lipinski definition) is 4. The zero-order chi connectivity index (χ0) is 16.2. The third kappa shape index (κ3) is 3.90. The van der Waals surface area contributed by atoms with Crippen molar-refractivity contribution in [2.75, 3.05) is 0 Å². The van der Waals surface area contributed by atoms with E-state index < -0.39 is 16.6 Å². The first-order valence-corrected chi connectivity index (χ1v) is 8.43. The largest absolute Gasteiger partial charge is 0.339 e. The second-order valence-electron chi connectivity index (χ2n) is 5.15. The zero-order valence-corrected chi connectivity index (χ0v) is 13.3. The number of hydrogen-bond donors (Lipinski definition) is 0. The second kappa shape index (κ2) is 6.83. The van der Waals surface area contributed by atoms with E-state index in [2.05, 4.69) is 10.1 Å². The maximum absolute atomic E-state index is 13.2. The Bertz CT molecular complexity index is 848. The number of aromatic nitrogens is 2. The van der Waals surface area contributed by atoms with Gasteiger partial charge < -0.3 is 4.52 Å². The summed E-state index contributed by atoms with van der Waals surface area (Å²) in [6, 6.07) is 13.7. The summed E-state index contributed by atoms with van der Waals surface area (Å²) in [5.74, 6) is 0.520. The predicted molar refractivity (Wildman–Crippen MR) is 84.8 cm³/mol. The van der Waals surface area contributed by atoms with Gasteiger partial charge in [0.2, 0.25) is 5.89 Å². The average molecular weight is 330 g/mol. The molecule has 4 nitrogen and oxygen atoms in total. The Balaban J connectivity index is 1.70. The average Bonchev–Trinajstić information content (AvgIpc) is 2.97. The van der Waals surface area contributed by atoms with Gasteiger partial charge in [-0.25, -0.2) is 4.39 Å². The molecule has 118 valence electrons. The molecule has 6 heteroatoms. The van der Waals surface area contributed by atoms with E-state index in [1.54, 1.807) is 6.07 Å². The highest BCUT2D eigenvalue weighted by atomic mass is 32.2. The minimum Gasteiger partial charge on any atom is -0.339 e. The number of aryl methyl sites for hydroxylation is 1. The highest BCUT2D eigenvalue weighted by Crippen LogP contribution is 2.15. The fourth-order valence-electron chi connectivity index (χ4n) is 2.20. The molecule has 0 aliphatic heterocycles. The lowest BCUT2D eigenvalue weighted by atomic mass is 10.1. The molecule has 0 fully saturated rings. The van der Waals surface area contributed by atoms with Crippen molar-refractivity contribution in [3.63, 3.8) is 0 Å². The molecule has 2 aromatic carbocycles. The van der Waals surface area contributed by atoms with Crippen molar-refractivity contribution >= 4 is 10.8 Å². The molecule has 3 rings (SSSR count). The quantitative estimate of drug-likeness (QED) is 0.719. The Hall–Kier alpha value is -2.34. The number of rotatable bonds is 5. The molecule has 23 heavy (non-hydrogen) atoms. The molecule has 0 radical (unpaired) electrons. The van der Waals surface area contributed by atoms with Gasteiger partial charge >= 0.3 is 0 Å². The van der Waals surface area contributed by atoms with E-state index in [1.807, 2.05) is 31.2 Å². The lowest BCUT2D eigenvalue weighted by Crippen LogP contribution is -1.99. The molecule has 0 N–H and O–H groups in total. The molecule has 0 saturated heterocycles. The molecule has 0 saturated carbocycles. The Morgan fingerprint density at radius 2 is 2.00 bits per heavy atom. The molecule has 0 amide bonds. The normalized spacial score (nSPS) is 12.3. The highest BCUT2D eigenvalue weighted by Gasteiger charge is 2.13. The van der Waals surface area contributed by atoms with Gasteiger partial charge in [0.05, 0.1) is 23.0 Å². The third-order valence-corrected chi connectivity index (χ3v) is 4.73. The molecule has 1 heterocycles. The van der Waals surface area contributed by atoms with Crippen LogP contribution in [0.5, 0.6) is 0 Å². The van der Waals surface area contributed by atoms with Crippen LogP contribution in [-0.4, -0.2) is 14.3 Å². The van der Waals surface area contributed by atoms with Gasteiger partial charge in [0.15, 0.2) is 5.82 Å². The summed E-state index contributed by atoms with van der Waals surface area (Å²) in [5, 5.41) is 3.86. The van der Waals surface area contributed by atoms with E-state index in [1.165, 1.54) is 18.2 Å². The van der Waals surface area contributed by atoms with Crippen LogP contribution in [-0.2, 0) is 23.0 Å². The first kappa shape index (κ1) is 15.6. The third-order valence-electron chi connectivity index (χ3n) is 3.43. The van der Waals surface area contributed by atoms with Crippen LogP contribution in [0, 0.1) is 12.7 Å². The van der Waals surface area contributed by atoms with Crippen molar-refractivity contribution in [2.24, 2.45) is 0 Å². The maximum atomic E-state index is 13.2. The lowest BCUT2D eigenvalue weighted by Gasteiger charge is -2.00. The molecule has 3 aromatic rings. The summed E-state index contributed by atoms with van der Waals surface area (Å²) < 4.78 is 30.6. The Kier molecular flexibility index (Phi) is 4.62. The van der Waals surface area contributed by atoms with Gasteiger partial charge in [-0.05, 0) is 36.2 Å².